The van der Waals surface area contributed by atoms with Crippen LogP contribution in [0.1, 0.15) is 48.0 Å². The molecule has 0 fully saturated rings. The first-order chi connectivity index (χ1) is 13.4. The average Bonchev–Trinajstić information content (AvgIpc) is 2.61. The smallest absolute Gasteiger partial charge is 0.328 e. The fourth-order valence-corrected chi connectivity index (χ4v) is 2.53. The molecule has 0 aliphatic carbocycles. The molecule has 0 bridgehead atoms. The van der Waals surface area contributed by atoms with Crippen LogP contribution in [0.25, 0.3) is 0 Å². The summed E-state index contributed by atoms with van der Waals surface area (Å²) in [6.07, 6.45) is 0.401. The van der Waals surface area contributed by atoms with E-state index in [1.807, 2.05) is 13.8 Å². The van der Waals surface area contributed by atoms with Gasteiger partial charge in [-0.3, -0.25) is 19.2 Å². The van der Waals surface area contributed by atoms with Crippen molar-refractivity contribution in [1.82, 2.24) is 21.3 Å². The van der Waals surface area contributed by atoms with Crippen molar-refractivity contribution >= 4 is 29.6 Å². The van der Waals surface area contributed by atoms with Gasteiger partial charge in [-0.25, -0.2) is 4.79 Å². The normalized spacial score (nSPS) is 13.8. The van der Waals surface area contributed by atoms with Crippen LogP contribution >= 0.6 is 0 Å². The zero-order valence-electron chi connectivity index (χ0n) is 18.3. The van der Waals surface area contributed by atoms with E-state index in [0.29, 0.717) is 6.42 Å². The van der Waals surface area contributed by atoms with Gasteiger partial charge in [-0.15, -0.1) is 0 Å². The van der Waals surface area contributed by atoms with E-state index in [4.69, 9.17) is 0 Å². The number of carbonyl (C=O) groups is 5. The molecule has 4 amide bonds. The monoisotopic (exact) mass is 414 g/mol. The molecular formula is C19H34N4O6. The summed E-state index contributed by atoms with van der Waals surface area (Å²) < 4.78 is 4.68. The Hall–Kier alpha value is -2.65. The van der Waals surface area contributed by atoms with Crippen molar-refractivity contribution in [3.8, 4) is 0 Å². The van der Waals surface area contributed by atoms with Crippen LogP contribution in [-0.4, -0.2) is 61.4 Å². The van der Waals surface area contributed by atoms with Gasteiger partial charge in [-0.05, 0) is 25.2 Å². The van der Waals surface area contributed by atoms with Gasteiger partial charge in [-0.1, -0.05) is 27.7 Å². The maximum atomic E-state index is 12.4. The van der Waals surface area contributed by atoms with Gasteiger partial charge >= 0.3 is 5.97 Å². The lowest BCUT2D eigenvalue weighted by Crippen LogP contribution is -2.55. The van der Waals surface area contributed by atoms with Gasteiger partial charge in [0.15, 0.2) is 0 Å². The van der Waals surface area contributed by atoms with E-state index in [0.717, 1.165) is 0 Å². The molecule has 0 unspecified atom stereocenters. The summed E-state index contributed by atoms with van der Waals surface area (Å²) >= 11 is 0. The molecule has 0 saturated carbocycles. The Labute approximate surface area is 171 Å². The SMILES string of the molecule is COC(=O)[C@H](CC(C)C)NC(=O)CNC(=O)[C@@H](NC(=O)[C@H](C)NC(C)=O)C(C)C. The van der Waals surface area contributed by atoms with Gasteiger partial charge in [0.05, 0.1) is 13.7 Å². The maximum Gasteiger partial charge on any atom is 0.328 e. The third-order valence-electron chi connectivity index (χ3n) is 4.01. The second kappa shape index (κ2) is 12.7. The van der Waals surface area contributed by atoms with Crippen LogP contribution in [0.5, 0.6) is 0 Å². The molecule has 0 aliphatic heterocycles. The second-order valence-corrected chi connectivity index (χ2v) is 7.64. The number of ether oxygens (including phenoxy) is 1. The number of methoxy groups -OCH3 is 1. The van der Waals surface area contributed by atoms with Crippen LogP contribution in [0, 0.1) is 11.8 Å². The Morgan fingerprint density at radius 3 is 1.90 bits per heavy atom. The van der Waals surface area contributed by atoms with Crippen molar-refractivity contribution < 1.29 is 28.7 Å². The molecule has 0 aromatic rings. The fourth-order valence-electron chi connectivity index (χ4n) is 2.53. The van der Waals surface area contributed by atoms with E-state index in [2.05, 4.69) is 26.0 Å². The Kier molecular flexibility index (Phi) is 11.6. The Morgan fingerprint density at radius 2 is 1.45 bits per heavy atom. The van der Waals surface area contributed by atoms with Crippen molar-refractivity contribution in [2.75, 3.05) is 13.7 Å². The average molecular weight is 415 g/mol. The minimum atomic E-state index is -0.890. The number of nitrogens with one attached hydrogen (secondary N) is 4. The highest BCUT2D eigenvalue weighted by molar-refractivity contribution is 5.93. The van der Waals surface area contributed by atoms with Crippen molar-refractivity contribution in [2.45, 2.75) is 66.1 Å². The van der Waals surface area contributed by atoms with Gasteiger partial charge in [0.25, 0.3) is 0 Å². The highest BCUT2D eigenvalue weighted by Gasteiger charge is 2.27. The number of hydrogen-bond donors (Lipinski definition) is 4. The number of carbonyl (C=O) groups excluding carboxylic acids is 5. The summed E-state index contributed by atoms with van der Waals surface area (Å²) in [7, 11) is 1.24. The lowest BCUT2D eigenvalue weighted by atomic mass is 10.0. The van der Waals surface area contributed by atoms with Gasteiger partial charge in [0, 0.05) is 6.92 Å². The maximum absolute atomic E-state index is 12.4. The first-order valence-electron chi connectivity index (χ1n) is 9.61. The first-order valence-corrected chi connectivity index (χ1v) is 9.61. The van der Waals surface area contributed by atoms with Crippen molar-refractivity contribution in [1.29, 1.82) is 0 Å². The molecular weight excluding hydrogens is 380 g/mol. The first kappa shape index (κ1) is 26.4. The van der Waals surface area contributed by atoms with Crippen LogP contribution in [0.4, 0.5) is 0 Å². The highest BCUT2D eigenvalue weighted by atomic mass is 16.5. The van der Waals surface area contributed by atoms with Crippen LogP contribution in [-0.2, 0) is 28.7 Å². The molecule has 0 saturated heterocycles. The van der Waals surface area contributed by atoms with E-state index in [9.17, 15) is 24.0 Å². The molecule has 3 atom stereocenters. The molecule has 0 aromatic heterocycles. The summed E-state index contributed by atoms with van der Waals surface area (Å²) in [5, 5.41) is 10.0. The molecule has 0 radical (unpaired) electrons. The molecule has 0 heterocycles. The quantitative estimate of drug-likeness (QED) is 0.335. The summed E-state index contributed by atoms with van der Waals surface area (Å²) in [4.78, 5) is 59.6. The second-order valence-electron chi connectivity index (χ2n) is 7.64. The largest absolute Gasteiger partial charge is 0.467 e. The molecule has 29 heavy (non-hydrogen) atoms. The number of rotatable bonds is 11. The molecule has 0 aliphatic rings. The van der Waals surface area contributed by atoms with E-state index in [1.165, 1.54) is 21.0 Å². The fraction of sp³-hybridized carbons (Fsp3) is 0.737. The summed E-state index contributed by atoms with van der Waals surface area (Å²) in [5.74, 6) is -2.63. The zero-order valence-corrected chi connectivity index (χ0v) is 18.3. The van der Waals surface area contributed by atoms with Gasteiger partial charge < -0.3 is 26.0 Å². The molecule has 10 heteroatoms. The van der Waals surface area contributed by atoms with E-state index < -0.39 is 41.8 Å². The molecule has 0 spiro atoms. The Bertz CT molecular complexity index is 606. The standard InChI is InChI=1S/C19H34N4O6/c1-10(2)8-14(19(28)29-7)22-15(25)9-20-18(27)16(11(3)4)23-17(26)12(5)21-13(6)24/h10-12,14,16H,8-9H2,1-7H3,(H,20,27)(H,21,24)(H,22,25)(H,23,26)/t12-,14-,16-/m0/s1. The van der Waals surface area contributed by atoms with Gasteiger partial charge in [0.2, 0.25) is 23.6 Å². The number of hydrogen-bond acceptors (Lipinski definition) is 6. The van der Waals surface area contributed by atoms with Crippen LogP contribution in [0.2, 0.25) is 0 Å². The van der Waals surface area contributed by atoms with Crippen molar-refractivity contribution in [3.05, 3.63) is 0 Å². The van der Waals surface area contributed by atoms with Gasteiger partial charge in [0.1, 0.15) is 18.1 Å². The topological polar surface area (TPSA) is 143 Å². The summed E-state index contributed by atoms with van der Waals surface area (Å²) in [6, 6.07) is -2.50. The summed E-state index contributed by atoms with van der Waals surface area (Å²) in [6.45, 7) is 9.72. The van der Waals surface area contributed by atoms with Crippen molar-refractivity contribution in [3.63, 3.8) is 0 Å². The minimum absolute atomic E-state index is 0.153. The Balaban J connectivity index is 4.82. The van der Waals surface area contributed by atoms with Crippen molar-refractivity contribution in [2.24, 2.45) is 11.8 Å². The molecule has 0 aromatic carbocycles. The van der Waals surface area contributed by atoms with E-state index >= 15 is 0 Å². The van der Waals surface area contributed by atoms with Gasteiger partial charge in [-0.2, -0.15) is 0 Å². The molecule has 0 rings (SSSR count). The predicted molar refractivity (Wildman–Crippen MR) is 106 cm³/mol. The number of amides is 4. The molecule has 4 N–H and O–H groups in total. The van der Waals surface area contributed by atoms with E-state index in [-0.39, 0.29) is 24.3 Å². The lowest BCUT2D eigenvalue weighted by molar-refractivity contribution is -0.145. The third kappa shape index (κ3) is 10.5. The van der Waals surface area contributed by atoms with Crippen LogP contribution in [0.15, 0.2) is 0 Å². The van der Waals surface area contributed by atoms with E-state index in [1.54, 1.807) is 13.8 Å². The summed E-state index contributed by atoms with van der Waals surface area (Å²) in [5.41, 5.74) is 0. The highest BCUT2D eigenvalue weighted by Crippen LogP contribution is 2.06. The predicted octanol–water partition coefficient (Wildman–Crippen LogP) is -0.528. The van der Waals surface area contributed by atoms with Crippen LogP contribution < -0.4 is 21.3 Å². The van der Waals surface area contributed by atoms with Crippen LogP contribution in [0.3, 0.4) is 0 Å². The molecule has 166 valence electrons. The molecule has 10 nitrogen and oxygen atoms in total. The third-order valence-corrected chi connectivity index (χ3v) is 4.01. The number of esters is 1. The zero-order chi connectivity index (χ0) is 22.7. The minimum Gasteiger partial charge on any atom is -0.467 e. The lowest BCUT2D eigenvalue weighted by Gasteiger charge is -2.24. The Morgan fingerprint density at radius 1 is 0.862 bits per heavy atom.